The molecule has 196 valence electrons. The lowest BCUT2D eigenvalue weighted by Gasteiger charge is -2.32. The summed E-state index contributed by atoms with van der Waals surface area (Å²) in [5, 5.41) is 15.6. The molecule has 0 saturated heterocycles. The Morgan fingerprint density at radius 1 is 1.08 bits per heavy atom. The number of carbonyl (C=O) groups excluding carboxylic acids is 3. The lowest BCUT2D eigenvalue weighted by molar-refractivity contribution is -0.139. The van der Waals surface area contributed by atoms with Gasteiger partial charge in [0.2, 0.25) is 5.91 Å². The lowest BCUT2D eigenvalue weighted by atomic mass is 10.0. The van der Waals surface area contributed by atoms with Crippen LogP contribution >= 0.6 is 11.8 Å². The molecule has 0 aliphatic carbocycles. The number of benzene rings is 2. The van der Waals surface area contributed by atoms with Crippen molar-refractivity contribution >= 4 is 35.4 Å². The molecule has 2 rings (SSSR count). The van der Waals surface area contributed by atoms with Crippen LogP contribution in [0.2, 0.25) is 0 Å². The van der Waals surface area contributed by atoms with Gasteiger partial charge in [0, 0.05) is 12.7 Å². The maximum atomic E-state index is 13.7. The van der Waals surface area contributed by atoms with E-state index in [9.17, 15) is 19.5 Å². The number of thioether (sulfide) groups is 1. The number of phenolic OH excluding ortho intramolecular Hbond substituents is 1. The van der Waals surface area contributed by atoms with Crippen LogP contribution in [0.15, 0.2) is 42.5 Å². The number of aryl methyl sites for hydroxylation is 2. The second kappa shape index (κ2) is 12.7. The van der Waals surface area contributed by atoms with E-state index < -0.39 is 35.6 Å². The molecule has 2 unspecified atom stereocenters. The van der Waals surface area contributed by atoms with Crippen LogP contribution in [0.1, 0.15) is 49.9 Å². The summed E-state index contributed by atoms with van der Waals surface area (Å²) < 4.78 is 5.36. The van der Waals surface area contributed by atoms with Crippen molar-refractivity contribution in [2.24, 2.45) is 0 Å². The van der Waals surface area contributed by atoms with Gasteiger partial charge in [-0.1, -0.05) is 24.3 Å². The number of likely N-dealkylation sites (N-methyl/N-ethyl adjacent to an activating group) is 1. The number of rotatable bonds is 9. The molecule has 9 heteroatoms. The van der Waals surface area contributed by atoms with Crippen LogP contribution in [0.4, 0.5) is 10.5 Å². The van der Waals surface area contributed by atoms with Gasteiger partial charge in [-0.15, -0.1) is 0 Å². The highest BCUT2D eigenvalue weighted by molar-refractivity contribution is 7.98. The third-order valence-corrected chi connectivity index (χ3v) is 6.17. The highest BCUT2D eigenvalue weighted by Gasteiger charge is 2.34. The molecule has 0 bridgehead atoms. The van der Waals surface area contributed by atoms with Crippen LogP contribution < -0.4 is 10.6 Å². The van der Waals surface area contributed by atoms with Crippen molar-refractivity contribution in [3.8, 4) is 5.75 Å². The number of nitrogens with zero attached hydrogens (tertiary/aromatic N) is 1. The van der Waals surface area contributed by atoms with E-state index in [0.29, 0.717) is 29.0 Å². The summed E-state index contributed by atoms with van der Waals surface area (Å²) in [7, 11) is 1.54. The molecule has 0 heterocycles. The van der Waals surface area contributed by atoms with Crippen molar-refractivity contribution in [2.45, 2.75) is 58.7 Å². The summed E-state index contributed by atoms with van der Waals surface area (Å²) >= 11 is 1.55. The van der Waals surface area contributed by atoms with E-state index in [1.54, 1.807) is 57.7 Å². The molecule has 3 amide bonds. The number of para-hydroxylation sites is 1. The zero-order chi connectivity index (χ0) is 27.0. The third kappa shape index (κ3) is 8.19. The number of alkyl carbamates (subject to hydrolysis) is 1. The van der Waals surface area contributed by atoms with Crippen LogP contribution in [0.5, 0.6) is 5.75 Å². The molecule has 0 aromatic heterocycles. The van der Waals surface area contributed by atoms with Gasteiger partial charge in [-0.3, -0.25) is 9.59 Å². The van der Waals surface area contributed by atoms with Gasteiger partial charge in [0.15, 0.2) is 0 Å². The highest BCUT2D eigenvalue weighted by Crippen LogP contribution is 2.28. The fourth-order valence-corrected chi connectivity index (χ4v) is 4.10. The average molecular weight is 516 g/mol. The summed E-state index contributed by atoms with van der Waals surface area (Å²) in [4.78, 5) is 41.0. The summed E-state index contributed by atoms with van der Waals surface area (Å²) in [5.74, 6) is -0.120. The maximum absolute atomic E-state index is 13.7. The van der Waals surface area contributed by atoms with E-state index >= 15 is 0 Å². The molecule has 8 nitrogen and oxygen atoms in total. The van der Waals surface area contributed by atoms with Crippen molar-refractivity contribution in [3.63, 3.8) is 0 Å². The Morgan fingerprint density at radius 3 is 2.33 bits per heavy atom. The van der Waals surface area contributed by atoms with Crippen LogP contribution in [-0.4, -0.2) is 58.6 Å². The van der Waals surface area contributed by atoms with Crippen molar-refractivity contribution in [2.75, 3.05) is 24.4 Å². The largest absolute Gasteiger partial charge is 0.508 e. The number of anilines is 1. The first-order valence-electron chi connectivity index (χ1n) is 11.7. The van der Waals surface area contributed by atoms with Crippen molar-refractivity contribution in [3.05, 3.63) is 59.2 Å². The van der Waals surface area contributed by atoms with Gasteiger partial charge in [0.1, 0.15) is 23.4 Å². The zero-order valence-corrected chi connectivity index (χ0v) is 22.9. The number of hydrogen-bond donors (Lipinski definition) is 3. The van der Waals surface area contributed by atoms with Gasteiger partial charge in [-0.05, 0) is 87.9 Å². The van der Waals surface area contributed by atoms with Gasteiger partial charge in [0.05, 0.1) is 0 Å². The van der Waals surface area contributed by atoms with Gasteiger partial charge in [-0.2, -0.15) is 11.8 Å². The molecule has 2 aromatic carbocycles. The Morgan fingerprint density at radius 2 is 1.75 bits per heavy atom. The fraction of sp³-hybridized carbons (Fsp3) is 0.444. The number of ether oxygens (including phenoxy) is 1. The van der Waals surface area contributed by atoms with E-state index in [-0.39, 0.29) is 5.75 Å². The second-order valence-corrected chi connectivity index (χ2v) is 10.7. The van der Waals surface area contributed by atoms with Crippen LogP contribution in [0, 0.1) is 13.8 Å². The van der Waals surface area contributed by atoms with E-state index in [1.165, 1.54) is 18.0 Å². The number of amides is 3. The zero-order valence-electron chi connectivity index (χ0n) is 22.0. The highest BCUT2D eigenvalue weighted by atomic mass is 32.2. The molecule has 0 radical (unpaired) electrons. The average Bonchev–Trinajstić information content (AvgIpc) is 2.79. The topological polar surface area (TPSA) is 108 Å². The monoisotopic (exact) mass is 515 g/mol. The van der Waals surface area contributed by atoms with Crippen LogP contribution in [0.3, 0.4) is 0 Å². The predicted molar refractivity (Wildman–Crippen MR) is 144 cm³/mol. The Balaban J connectivity index is 2.41. The molecule has 0 aliphatic rings. The standard InChI is InChI=1S/C27H37N3O5S/c1-17-10-8-9-11-20(17)28-24(32)23(19-12-13-22(31)18(2)16-19)30(6)25(33)21(14-15-36-7)29-26(34)35-27(3,4)5/h8-13,16,21,23,31H,14-15H2,1-7H3,(H,28,32)(H,29,34). The van der Waals surface area contributed by atoms with E-state index in [2.05, 4.69) is 10.6 Å². The summed E-state index contributed by atoms with van der Waals surface area (Å²) in [6.07, 6.45) is 1.58. The van der Waals surface area contributed by atoms with E-state index in [4.69, 9.17) is 4.74 Å². The molecule has 2 atom stereocenters. The second-order valence-electron chi connectivity index (χ2n) is 9.68. The molecular formula is C27H37N3O5S. The summed E-state index contributed by atoms with van der Waals surface area (Å²) in [6.45, 7) is 8.85. The van der Waals surface area contributed by atoms with Gasteiger partial charge < -0.3 is 25.4 Å². The molecule has 3 N–H and O–H groups in total. The first kappa shape index (κ1) is 29.0. The number of aromatic hydroxyl groups is 1. The van der Waals surface area contributed by atoms with Gasteiger partial charge >= 0.3 is 6.09 Å². The first-order valence-corrected chi connectivity index (χ1v) is 13.1. The number of nitrogens with one attached hydrogen (secondary N) is 2. The van der Waals surface area contributed by atoms with Crippen molar-refractivity contribution < 1.29 is 24.2 Å². The summed E-state index contributed by atoms with van der Waals surface area (Å²) in [5.41, 5.74) is 1.91. The van der Waals surface area contributed by atoms with Crippen molar-refractivity contribution in [1.82, 2.24) is 10.2 Å². The van der Waals surface area contributed by atoms with Gasteiger partial charge in [0.25, 0.3) is 5.91 Å². The quantitative estimate of drug-likeness (QED) is 0.443. The Bertz CT molecular complexity index is 1080. The molecule has 0 spiro atoms. The lowest BCUT2D eigenvalue weighted by Crippen LogP contribution is -2.51. The fourth-order valence-electron chi connectivity index (χ4n) is 3.63. The minimum atomic E-state index is -1.01. The molecule has 0 saturated carbocycles. The number of hydrogen-bond acceptors (Lipinski definition) is 6. The molecule has 0 aliphatic heterocycles. The first-order chi connectivity index (χ1) is 16.8. The number of phenols is 1. The third-order valence-electron chi connectivity index (χ3n) is 5.52. The van der Waals surface area contributed by atoms with E-state index in [0.717, 1.165) is 5.56 Å². The number of carbonyl (C=O) groups is 3. The molecule has 0 fully saturated rings. The molecule has 36 heavy (non-hydrogen) atoms. The summed E-state index contributed by atoms with van der Waals surface area (Å²) in [6, 6.07) is 10.3. The van der Waals surface area contributed by atoms with Gasteiger partial charge in [-0.25, -0.2) is 4.79 Å². The van der Waals surface area contributed by atoms with Crippen LogP contribution in [0.25, 0.3) is 0 Å². The Labute approximate surface area is 217 Å². The minimum absolute atomic E-state index is 0.0928. The maximum Gasteiger partial charge on any atom is 0.408 e. The van der Waals surface area contributed by atoms with Crippen molar-refractivity contribution in [1.29, 1.82) is 0 Å². The predicted octanol–water partition coefficient (Wildman–Crippen LogP) is 4.79. The molecule has 2 aromatic rings. The minimum Gasteiger partial charge on any atom is -0.508 e. The van der Waals surface area contributed by atoms with E-state index in [1.807, 2.05) is 31.4 Å². The smallest absolute Gasteiger partial charge is 0.408 e. The molecular weight excluding hydrogens is 478 g/mol. The Kier molecular flexibility index (Phi) is 10.2. The Hall–Kier alpha value is -3.20. The normalized spacial score (nSPS) is 12.9. The SMILES string of the molecule is CSCCC(NC(=O)OC(C)(C)C)C(=O)N(C)C(C(=O)Nc1ccccc1C)c1ccc(O)c(C)c1. The van der Waals surface area contributed by atoms with Crippen LogP contribution in [-0.2, 0) is 14.3 Å².